The Kier molecular flexibility index (Phi) is 5.40. The third-order valence-corrected chi connectivity index (χ3v) is 3.74. The number of morpholine rings is 1. The number of hydrogen-bond acceptors (Lipinski definition) is 4. The fourth-order valence-electron chi connectivity index (χ4n) is 2.37. The molecule has 0 spiro atoms. The molecule has 0 amide bonds. The molecule has 0 aliphatic carbocycles. The molecule has 1 aliphatic rings. The topological polar surface area (TPSA) is 47.7 Å². The molecule has 1 aliphatic heterocycles. The molecular formula is C16H26N2O2. The van der Waals surface area contributed by atoms with Crippen molar-refractivity contribution in [3.63, 3.8) is 0 Å². The van der Waals surface area contributed by atoms with E-state index in [9.17, 15) is 0 Å². The van der Waals surface area contributed by atoms with Gasteiger partial charge in [0.25, 0.3) is 0 Å². The summed E-state index contributed by atoms with van der Waals surface area (Å²) in [6.07, 6.45) is 0.152. The van der Waals surface area contributed by atoms with Crippen molar-refractivity contribution >= 4 is 0 Å². The largest absolute Gasteiger partial charge is 0.491 e. The molecule has 0 radical (unpaired) electrons. The van der Waals surface area contributed by atoms with E-state index in [0.29, 0.717) is 12.6 Å². The average Bonchev–Trinajstić information content (AvgIpc) is 2.46. The summed E-state index contributed by atoms with van der Waals surface area (Å²) in [6.45, 7) is 9.75. The molecule has 1 heterocycles. The number of rotatable bonds is 5. The van der Waals surface area contributed by atoms with Crippen LogP contribution in [0.15, 0.2) is 24.3 Å². The van der Waals surface area contributed by atoms with Crippen molar-refractivity contribution in [2.75, 3.05) is 26.3 Å². The fourth-order valence-corrected chi connectivity index (χ4v) is 2.37. The molecule has 2 unspecified atom stereocenters. The van der Waals surface area contributed by atoms with Crippen molar-refractivity contribution in [3.8, 4) is 5.75 Å². The van der Waals surface area contributed by atoms with E-state index in [-0.39, 0.29) is 12.1 Å². The van der Waals surface area contributed by atoms with Crippen LogP contribution in [0.3, 0.4) is 0 Å². The van der Waals surface area contributed by atoms with Crippen LogP contribution in [-0.2, 0) is 4.74 Å². The second-order valence-electron chi connectivity index (χ2n) is 5.75. The van der Waals surface area contributed by atoms with Gasteiger partial charge in [-0.25, -0.2) is 0 Å². The summed E-state index contributed by atoms with van der Waals surface area (Å²) in [5, 5.41) is 0. The predicted octanol–water partition coefficient (Wildman–Crippen LogP) is 2.19. The van der Waals surface area contributed by atoms with Gasteiger partial charge in [0.15, 0.2) is 0 Å². The highest BCUT2D eigenvalue weighted by Gasteiger charge is 2.22. The Bertz CT molecular complexity index is 403. The Morgan fingerprint density at radius 1 is 1.30 bits per heavy atom. The zero-order valence-corrected chi connectivity index (χ0v) is 12.7. The molecule has 1 aromatic carbocycles. The normalized spacial score (nSPS) is 21.9. The van der Waals surface area contributed by atoms with Crippen LogP contribution in [0.5, 0.6) is 5.75 Å². The van der Waals surface area contributed by atoms with Gasteiger partial charge in [-0.1, -0.05) is 12.1 Å². The van der Waals surface area contributed by atoms with Crippen molar-refractivity contribution in [2.24, 2.45) is 5.73 Å². The summed E-state index contributed by atoms with van der Waals surface area (Å²) >= 11 is 0. The molecule has 4 nitrogen and oxygen atoms in total. The van der Waals surface area contributed by atoms with E-state index in [1.807, 2.05) is 31.2 Å². The molecule has 2 N–H and O–H groups in total. The maximum absolute atomic E-state index is 5.83. The van der Waals surface area contributed by atoms with E-state index in [1.165, 1.54) is 0 Å². The lowest BCUT2D eigenvalue weighted by molar-refractivity contribution is -0.0564. The summed E-state index contributed by atoms with van der Waals surface area (Å²) in [5.74, 6) is 0.875. The molecule has 2 rings (SSSR count). The fraction of sp³-hybridized carbons (Fsp3) is 0.625. The van der Waals surface area contributed by atoms with Crippen LogP contribution in [0.1, 0.15) is 32.4 Å². The molecule has 0 bridgehead atoms. The van der Waals surface area contributed by atoms with Gasteiger partial charge in [-0.15, -0.1) is 0 Å². The van der Waals surface area contributed by atoms with E-state index >= 15 is 0 Å². The van der Waals surface area contributed by atoms with Gasteiger partial charge in [0.2, 0.25) is 0 Å². The molecule has 1 saturated heterocycles. The second-order valence-corrected chi connectivity index (χ2v) is 5.75. The molecule has 4 heteroatoms. The quantitative estimate of drug-likeness (QED) is 0.897. The van der Waals surface area contributed by atoms with Gasteiger partial charge in [0.1, 0.15) is 18.5 Å². The Morgan fingerprint density at radius 3 is 2.60 bits per heavy atom. The van der Waals surface area contributed by atoms with Gasteiger partial charge in [-0.2, -0.15) is 0 Å². The third kappa shape index (κ3) is 4.20. The van der Waals surface area contributed by atoms with E-state index in [2.05, 4.69) is 18.7 Å². The van der Waals surface area contributed by atoms with Gasteiger partial charge >= 0.3 is 0 Å². The zero-order valence-electron chi connectivity index (χ0n) is 12.7. The third-order valence-electron chi connectivity index (χ3n) is 3.74. The van der Waals surface area contributed by atoms with Crippen molar-refractivity contribution in [1.82, 2.24) is 4.90 Å². The molecule has 20 heavy (non-hydrogen) atoms. The van der Waals surface area contributed by atoms with Crippen LogP contribution in [0.4, 0.5) is 0 Å². The highest BCUT2D eigenvalue weighted by Crippen LogP contribution is 2.17. The highest BCUT2D eigenvalue weighted by atomic mass is 16.5. The van der Waals surface area contributed by atoms with Crippen LogP contribution < -0.4 is 10.5 Å². The monoisotopic (exact) mass is 278 g/mol. The lowest BCUT2D eigenvalue weighted by atomic mass is 10.1. The summed E-state index contributed by atoms with van der Waals surface area (Å²) in [7, 11) is 0. The average molecular weight is 278 g/mol. The first-order valence-electron chi connectivity index (χ1n) is 7.40. The van der Waals surface area contributed by atoms with E-state index in [1.54, 1.807) is 0 Å². The van der Waals surface area contributed by atoms with Crippen LogP contribution >= 0.6 is 0 Å². The maximum atomic E-state index is 5.83. The maximum Gasteiger partial charge on any atom is 0.119 e. The van der Waals surface area contributed by atoms with Crippen molar-refractivity contribution in [2.45, 2.75) is 39.0 Å². The van der Waals surface area contributed by atoms with Crippen LogP contribution in [-0.4, -0.2) is 43.3 Å². The minimum absolute atomic E-state index is 0.0605. The summed E-state index contributed by atoms with van der Waals surface area (Å²) in [4.78, 5) is 2.43. The van der Waals surface area contributed by atoms with Gasteiger partial charge in [-0.05, 0) is 38.5 Å². The van der Waals surface area contributed by atoms with E-state index < -0.39 is 0 Å². The first-order valence-corrected chi connectivity index (χ1v) is 7.40. The second kappa shape index (κ2) is 7.07. The minimum atomic E-state index is 0.0605. The molecular weight excluding hydrogens is 252 g/mol. The van der Waals surface area contributed by atoms with Gasteiger partial charge in [-0.3, -0.25) is 4.90 Å². The van der Waals surface area contributed by atoms with Crippen molar-refractivity contribution in [3.05, 3.63) is 29.8 Å². The molecule has 0 aromatic heterocycles. The van der Waals surface area contributed by atoms with Gasteiger partial charge < -0.3 is 15.2 Å². The molecule has 112 valence electrons. The highest BCUT2D eigenvalue weighted by molar-refractivity contribution is 5.28. The standard InChI is InChI=1S/C16H26N2O2/c1-12(2)18-8-9-19-16(10-18)11-20-15-6-4-14(5-7-15)13(3)17/h4-7,12-13,16H,8-11,17H2,1-3H3. The molecule has 1 aromatic rings. The van der Waals surface area contributed by atoms with Crippen molar-refractivity contribution < 1.29 is 9.47 Å². The number of ether oxygens (including phenoxy) is 2. The Balaban J connectivity index is 1.82. The smallest absolute Gasteiger partial charge is 0.119 e. The van der Waals surface area contributed by atoms with Crippen LogP contribution in [0.25, 0.3) is 0 Å². The Morgan fingerprint density at radius 2 is 2.00 bits per heavy atom. The van der Waals surface area contributed by atoms with E-state index in [0.717, 1.165) is 31.0 Å². The zero-order chi connectivity index (χ0) is 14.5. The summed E-state index contributed by atoms with van der Waals surface area (Å²) < 4.78 is 11.6. The van der Waals surface area contributed by atoms with Gasteiger partial charge in [0.05, 0.1) is 6.61 Å². The molecule has 2 atom stereocenters. The SMILES string of the molecule is CC(N)c1ccc(OCC2CN(C(C)C)CCO2)cc1. The Labute approximate surface area is 121 Å². The lowest BCUT2D eigenvalue weighted by Gasteiger charge is -2.35. The minimum Gasteiger partial charge on any atom is -0.491 e. The number of hydrogen-bond donors (Lipinski definition) is 1. The first-order chi connectivity index (χ1) is 9.56. The summed E-state index contributed by atoms with van der Waals surface area (Å²) in [6, 6.07) is 8.60. The molecule has 1 fully saturated rings. The molecule has 0 saturated carbocycles. The lowest BCUT2D eigenvalue weighted by Crippen LogP contribution is -2.47. The first kappa shape index (κ1) is 15.3. The van der Waals surface area contributed by atoms with Crippen molar-refractivity contribution in [1.29, 1.82) is 0 Å². The summed E-state index contributed by atoms with van der Waals surface area (Å²) in [5.41, 5.74) is 6.95. The number of nitrogens with two attached hydrogens (primary N) is 1. The number of benzene rings is 1. The van der Waals surface area contributed by atoms with E-state index in [4.69, 9.17) is 15.2 Å². The number of nitrogens with zero attached hydrogens (tertiary/aromatic N) is 1. The van der Waals surface area contributed by atoms with Gasteiger partial charge in [0, 0.05) is 25.2 Å². The van der Waals surface area contributed by atoms with Crippen LogP contribution in [0.2, 0.25) is 0 Å². The Hall–Kier alpha value is -1.10. The predicted molar refractivity (Wildman–Crippen MR) is 81.0 cm³/mol. The van der Waals surface area contributed by atoms with Crippen LogP contribution in [0, 0.1) is 0 Å².